The molecule has 8 nitrogen and oxygen atoms in total. The Balaban J connectivity index is 1.62. The maximum Gasteiger partial charge on any atom is 0.287 e. The standard InChI is InChI=1S/C14H19N5O3/c1-3-19-6-5-15-12(19)13(20)16-8-10-4-7-21-11(10)14-17-9(2)18-22-14/h5-6,10-11H,3-4,7-8H2,1-2H3,(H,16,20)/t10-,11-/m0/s1. The number of carbonyl (C=O) groups is 1. The lowest BCUT2D eigenvalue weighted by atomic mass is 10.0. The molecule has 0 spiro atoms. The van der Waals surface area contributed by atoms with Crippen molar-refractivity contribution in [3.8, 4) is 0 Å². The van der Waals surface area contributed by atoms with Gasteiger partial charge in [0.05, 0.1) is 0 Å². The fraction of sp³-hybridized carbons (Fsp3) is 0.571. The molecule has 0 aromatic carbocycles. The number of nitrogens with one attached hydrogen (secondary N) is 1. The van der Waals surface area contributed by atoms with E-state index in [-0.39, 0.29) is 17.9 Å². The first-order chi connectivity index (χ1) is 10.7. The third-order valence-corrected chi connectivity index (χ3v) is 3.78. The second-order valence-corrected chi connectivity index (χ2v) is 5.27. The molecule has 0 radical (unpaired) electrons. The van der Waals surface area contributed by atoms with Gasteiger partial charge in [0.25, 0.3) is 11.8 Å². The molecule has 1 amide bonds. The van der Waals surface area contributed by atoms with E-state index in [1.165, 1.54) is 0 Å². The second kappa shape index (κ2) is 6.27. The Morgan fingerprint density at radius 3 is 3.14 bits per heavy atom. The van der Waals surface area contributed by atoms with Crippen molar-refractivity contribution in [1.29, 1.82) is 0 Å². The average Bonchev–Trinajstić information content (AvgIpc) is 3.24. The van der Waals surface area contributed by atoms with Crippen LogP contribution in [0, 0.1) is 12.8 Å². The summed E-state index contributed by atoms with van der Waals surface area (Å²) >= 11 is 0. The van der Waals surface area contributed by atoms with E-state index in [9.17, 15) is 4.79 Å². The van der Waals surface area contributed by atoms with Crippen LogP contribution in [0.15, 0.2) is 16.9 Å². The van der Waals surface area contributed by atoms with E-state index < -0.39 is 0 Å². The molecule has 0 unspecified atom stereocenters. The summed E-state index contributed by atoms with van der Waals surface area (Å²) in [6.45, 7) is 5.55. The molecular formula is C14H19N5O3. The van der Waals surface area contributed by atoms with Gasteiger partial charge < -0.3 is 19.1 Å². The summed E-state index contributed by atoms with van der Waals surface area (Å²) in [4.78, 5) is 20.5. The molecule has 118 valence electrons. The minimum atomic E-state index is -0.257. The van der Waals surface area contributed by atoms with E-state index >= 15 is 0 Å². The van der Waals surface area contributed by atoms with Crippen molar-refractivity contribution < 1.29 is 14.1 Å². The molecule has 3 heterocycles. The van der Waals surface area contributed by atoms with Crippen LogP contribution < -0.4 is 5.32 Å². The highest BCUT2D eigenvalue weighted by Gasteiger charge is 2.34. The van der Waals surface area contributed by atoms with Gasteiger partial charge in [-0.15, -0.1) is 0 Å². The van der Waals surface area contributed by atoms with Crippen LogP contribution in [0.2, 0.25) is 0 Å². The first-order valence-electron chi connectivity index (χ1n) is 7.40. The Labute approximate surface area is 127 Å². The quantitative estimate of drug-likeness (QED) is 0.889. The maximum absolute atomic E-state index is 12.2. The van der Waals surface area contributed by atoms with Crippen molar-refractivity contribution in [2.24, 2.45) is 5.92 Å². The van der Waals surface area contributed by atoms with E-state index in [0.717, 1.165) is 6.42 Å². The first kappa shape index (κ1) is 14.7. The zero-order chi connectivity index (χ0) is 15.5. The number of hydrogen-bond donors (Lipinski definition) is 1. The molecule has 0 bridgehead atoms. The molecule has 2 atom stereocenters. The summed E-state index contributed by atoms with van der Waals surface area (Å²) in [5.74, 6) is 1.42. The van der Waals surface area contributed by atoms with Crippen molar-refractivity contribution in [3.63, 3.8) is 0 Å². The molecular weight excluding hydrogens is 286 g/mol. The van der Waals surface area contributed by atoms with Crippen LogP contribution in [0.5, 0.6) is 0 Å². The summed E-state index contributed by atoms with van der Waals surface area (Å²) in [6.07, 6.45) is 4.00. The normalized spacial score (nSPS) is 21.2. The van der Waals surface area contributed by atoms with Crippen LogP contribution in [0.3, 0.4) is 0 Å². The zero-order valence-corrected chi connectivity index (χ0v) is 12.7. The van der Waals surface area contributed by atoms with Gasteiger partial charge in [-0.25, -0.2) is 4.98 Å². The van der Waals surface area contributed by atoms with E-state index in [2.05, 4.69) is 20.4 Å². The van der Waals surface area contributed by atoms with Gasteiger partial charge in [0.2, 0.25) is 0 Å². The molecule has 0 aliphatic carbocycles. The molecule has 0 saturated carbocycles. The maximum atomic E-state index is 12.2. The van der Waals surface area contributed by atoms with Crippen LogP contribution in [-0.2, 0) is 11.3 Å². The fourth-order valence-corrected chi connectivity index (χ4v) is 2.62. The predicted octanol–water partition coefficient (Wildman–Crippen LogP) is 1.10. The Hall–Kier alpha value is -2.22. The minimum Gasteiger partial charge on any atom is -0.368 e. The van der Waals surface area contributed by atoms with Gasteiger partial charge in [0.15, 0.2) is 11.6 Å². The Morgan fingerprint density at radius 1 is 1.55 bits per heavy atom. The lowest BCUT2D eigenvalue weighted by Crippen LogP contribution is -2.32. The van der Waals surface area contributed by atoms with E-state index in [4.69, 9.17) is 9.26 Å². The SMILES string of the molecule is CCn1ccnc1C(=O)NC[C@@H]1CCO[C@@H]1c1nc(C)no1. The lowest BCUT2D eigenvalue weighted by Gasteiger charge is -2.15. The molecule has 2 aromatic rings. The molecule has 2 aromatic heterocycles. The van der Waals surface area contributed by atoms with Gasteiger partial charge >= 0.3 is 0 Å². The van der Waals surface area contributed by atoms with Gasteiger partial charge in [0, 0.05) is 38.0 Å². The molecule has 3 rings (SSSR count). The number of amides is 1. The molecule has 1 aliphatic heterocycles. The summed E-state index contributed by atoms with van der Waals surface area (Å²) in [7, 11) is 0. The molecule has 1 fully saturated rings. The minimum absolute atomic E-state index is 0.119. The number of nitrogens with zero attached hydrogens (tertiary/aromatic N) is 4. The van der Waals surface area contributed by atoms with Crippen molar-refractivity contribution in [2.45, 2.75) is 32.9 Å². The highest BCUT2D eigenvalue weighted by Crippen LogP contribution is 2.33. The number of imidazole rings is 1. The molecule has 1 aliphatic rings. The van der Waals surface area contributed by atoms with Crippen LogP contribution in [0.25, 0.3) is 0 Å². The Morgan fingerprint density at radius 2 is 2.41 bits per heavy atom. The summed E-state index contributed by atoms with van der Waals surface area (Å²) in [5, 5.41) is 6.70. The van der Waals surface area contributed by atoms with Crippen LogP contribution in [0.1, 0.15) is 41.8 Å². The van der Waals surface area contributed by atoms with E-state index in [1.54, 1.807) is 23.9 Å². The fourth-order valence-electron chi connectivity index (χ4n) is 2.62. The number of ether oxygens (including phenoxy) is 1. The molecule has 22 heavy (non-hydrogen) atoms. The van der Waals surface area contributed by atoms with Crippen molar-refractivity contribution in [2.75, 3.05) is 13.2 Å². The highest BCUT2D eigenvalue weighted by molar-refractivity contribution is 5.90. The van der Waals surface area contributed by atoms with Crippen molar-refractivity contribution >= 4 is 5.91 Å². The largest absolute Gasteiger partial charge is 0.368 e. The first-order valence-corrected chi connectivity index (χ1v) is 7.40. The zero-order valence-electron chi connectivity index (χ0n) is 12.7. The van der Waals surface area contributed by atoms with Crippen molar-refractivity contribution in [3.05, 3.63) is 29.9 Å². The van der Waals surface area contributed by atoms with E-state index in [0.29, 0.717) is 37.2 Å². The predicted molar refractivity (Wildman–Crippen MR) is 76.1 cm³/mol. The topological polar surface area (TPSA) is 95.1 Å². The van der Waals surface area contributed by atoms with Gasteiger partial charge in [-0.2, -0.15) is 4.98 Å². The van der Waals surface area contributed by atoms with Crippen LogP contribution >= 0.6 is 0 Å². The number of rotatable bonds is 5. The van der Waals surface area contributed by atoms with Crippen LogP contribution in [0.4, 0.5) is 0 Å². The van der Waals surface area contributed by atoms with Crippen molar-refractivity contribution in [1.82, 2.24) is 25.0 Å². The highest BCUT2D eigenvalue weighted by atomic mass is 16.5. The molecule has 8 heteroatoms. The molecule has 1 saturated heterocycles. The third-order valence-electron chi connectivity index (χ3n) is 3.78. The third kappa shape index (κ3) is 2.87. The van der Waals surface area contributed by atoms with Gasteiger partial charge in [0.1, 0.15) is 6.10 Å². The smallest absolute Gasteiger partial charge is 0.287 e. The number of aromatic nitrogens is 4. The summed E-state index contributed by atoms with van der Waals surface area (Å²) < 4.78 is 12.6. The van der Waals surface area contributed by atoms with Gasteiger partial charge in [-0.3, -0.25) is 4.79 Å². The summed E-state index contributed by atoms with van der Waals surface area (Å²) in [5.41, 5.74) is 0. The lowest BCUT2D eigenvalue weighted by molar-refractivity contribution is 0.0612. The molecule has 1 N–H and O–H groups in total. The average molecular weight is 305 g/mol. The second-order valence-electron chi connectivity index (χ2n) is 5.27. The number of hydrogen-bond acceptors (Lipinski definition) is 6. The van der Waals surface area contributed by atoms with Gasteiger partial charge in [-0.05, 0) is 20.3 Å². The van der Waals surface area contributed by atoms with E-state index in [1.807, 2.05) is 6.92 Å². The number of aryl methyl sites for hydroxylation is 2. The summed E-state index contributed by atoms with van der Waals surface area (Å²) in [6, 6.07) is 0. The Kier molecular flexibility index (Phi) is 4.19. The van der Waals surface area contributed by atoms with Gasteiger partial charge in [-0.1, -0.05) is 5.16 Å². The Bertz CT molecular complexity index is 650. The number of carbonyl (C=O) groups excluding carboxylic acids is 1. The van der Waals surface area contributed by atoms with Crippen LogP contribution in [-0.4, -0.2) is 38.8 Å². The monoisotopic (exact) mass is 305 g/mol.